The van der Waals surface area contributed by atoms with Gasteiger partial charge in [0, 0.05) is 20.3 Å². The third-order valence-electron chi connectivity index (χ3n) is 4.21. The van der Waals surface area contributed by atoms with Crippen LogP contribution in [0.5, 0.6) is 0 Å². The number of carbonyl (C=O) groups excluding carboxylic acids is 2. The first kappa shape index (κ1) is 18.0. The van der Waals surface area contributed by atoms with E-state index in [2.05, 4.69) is 19.2 Å². The quantitative estimate of drug-likeness (QED) is 0.697. The Balaban J connectivity index is 2.84. The van der Waals surface area contributed by atoms with Gasteiger partial charge in [-0.15, -0.1) is 0 Å². The van der Waals surface area contributed by atoms with Crippen LogP contribution in [0.25, 0.3) is 0 Å². The van der Waals surface area contributed by atoms with Gasteiger partial charge in [-0.2, -0.15) is 0 Å². The molecule has 5 nitrogen and oxygen atoms in total. The molecular formula is C16H30N2O3. The second kappa shape index (κ2) is 7.78. The maximum Gasteiger partial charge on any atom is 0.248 e. The normalized spacial score (nSPS) is 26.4. The Kier molecular flexibility index (Phi) is 6.65. The van der Waals surface area contributed by atoms with Gasteiger partial charge in [-0.3, -0.25) is 9.59 Å². The zero-order valence-electron chi connectivity index (χ0n) is 14.1. The number of ether oxygens (including phenoxy) is 1. The summed E-state index contributed by atoms with van der Waals surface area (Å²) in [5.41, 5.74) is -0.758. The van der Waals surface area contributed by atoms with E-state index in [1.54, 1.807) is 12.0 Å². The number of amides is 2. The number of rotatable bonds is 8. The van der Waals surface area contributed by atoms with E-state index in [0.717, 1.165) is 12.8 Å². The lowest BCUT2D eigenvalue weighted by Crippen LogP contribution is -2.69. The molecule has 0 bridgehead atoms. The summed E-state index contributed by atoms with van der Waals surface area (Å²) >= 11 is 0. The molecule has 122 valence electrons. The van der Waals surface area contributed by atoms with Gasteiger partial charge in [0.2, 0.25) is 11.8 Å². The molecular weight excluding hydrogens is 268 g/mol. The van der Waals surface area contributed by atoms with Crippen molar-refractivity contribution in [2.75, 3.05) is 20.3 Å². The van der Waals surface area contributed by atoms with Crippen LogP contribution in [-0.4, -0.2) is 48.6 Å². The molecule has 1 N–H and O–H groups in total. The Morgan fingerprint density at radius 3 is 2.52 bits per heavy atom. The van der Waals surface area contributed by atoms with Gasteiger partial charge >= 0.3 is 0 Å². The van der Waals surface area contributed by atoms with Crippen molar-refractivity contribution in [2.45, 2.75) is 65.0 Å². The minimum Gasteiger partial charge on any atom is -0.385 e. The van der Waals surface area contributed by atoms with E-state index < -0.39 is 5.54 Å². The molecule has 1 rings (SSSR count). The van der Waals surface area contributed by atoms with Crippen LogP contribution in [0.4, 0.5) is 0 Å². The molecule has 1 saturated heterocycles. The van der Waals surface area contributed by atoms with Crippen molar-refractivity contribution in [1.29, 1.82) is 0 Å². The third-order valence-corrected chi connectivity index (χ3v) is 4.21. The summed E-state index contributed by atoms with van der Waals surface area (Å²) in [6, 6.07) is -0.334. The number of nitrogens with zero attached hydrogens (tertiary/aromatic N) is 1. The van der Waals surface area contributed by atoms with Crippen LogP contribution in [0.3, 0.4) is 0 Å². The molecule has 0 aliphatic carbocycles. The lowest BCUT2D eigenvalue weighted by atomic mass is 9.89. The van der Waals surface area contributed by atoms with Gasteiger partial charge in [-0.05, 0) is 38.5 Å². The molecule has 0 aromatic rings. The van der Waals surface area contributed by atoms with Crippen LogP contribution >= 0.6 is 0 Å². The van der Waals surface area contributed by atoms with Crippen LogP contribution in [0.2, 0.25) is 0 Å². The first-order chi connectivity index (χ1) is 9.85. The van der Waals surface area contributed by atoms with Gasteiger partial charge in [0.05, 0.1) is 0 Å². The fourth-order valence-electron chi connectivity index (χ4n) is 2.72. The highest BCUT2D eigenvalue weighted by molar-refractivity contribution is 5.99. The highest BCUT2D eigenvalue weighted by Gasteiger charge is 2.46. The van der Waals surface area contributed by atoms with Crippen molar-refractivity contribution < 1.29 is 14.3 Å². The van der Waals surface area contributed by atoms with Crippen LogP contribution in [0.15, 0.2) is 0 Å². The van der Waals surface area contributed by atoms with Crippen molar-refractivity contribution in [3.8, 4) is 0 Å². The average Bonchev–Trinajstić information content (AvgIpc) is 2.43. The van der Waals surface area contributed by atoms with Crippen molar-refractivity contribution in [3.05, 3.63) is 0 Å². The van der Waals surface area contributed by atoms with Gasteiger partial charge in [0.25, 0.3) is 0 Å². The van der Waals surface area contributed by atoms with E-state index in [1.807, 2.05) is 13.8 Å². The van der Waals surface area contributed by atoms with E-state index in [4.69, 9.17) is 4.74 Å². The standard InChI is InChI=1S/C16H30N2O3/c1-6-16(4)15(20)18(9-7-8-10-21-5)13(11-12(2)3)14(19)17-16/h12-13H,6-11H2,1-5H3,(H,17,19). The number of hydrogen-bond donors (Lipinski definition) is 1. The van der Waals surface area contributed by atoms with Crippen LogP contribution in [-0.2, 0) is 14.3 Å². The number of piperazine rings is 1. The van der Waals surface area contributed by atoms with E-state index >= 15 is 0 Å². The largest absolute Gasteiger partial charge is 0.385 e. The van der Waals surface area contributed by atoms with Gasteiger partial charge in [-0.25, -0.2) is 0 Å². The molecule has 0 spiro atoms. The molecule has 2 unspecified atom stereocenters. The summed E-state index contributed by atoms with van der Waals surface area (Å²) in [6.45, 7) is 9.23. The topological polar surface area (TPSA) is 58.6 Å². The lowest BCUT2D eigenvalue weighted by Gasteiger charge is -2.44. The van der Waals surface area contributed by atoms with Gasteiger partial charge in [0.15, 0.2) is 0 Å². The maximum absolute atomic E-state index is 12.8. The van der Waals surface area contributed by atoms with E-state index in [0.29, 0.717) is 31.9 Å². The highest BCUT2D eigenvalue weighted by Crippen LogP contribution is 2.25. The van der Waals surface area contributed by atoms with Gasteiger partial charge in [-0.1, -0.05) is 20.8 Å². The first-order valence-corrected chi connectivity index (χ1v) is 7.97. The van der Waals surface area contributed by atoms with Crippen molar-refractivity contribution in [1.82, 2.24) is 10.2 Å². The fraction of sp³-hybridized carbons (Fsp3) is 0.875. The summed E-state index contributed by atoms with van der Waals surface area (Å²) in [6.07, 6.45) is 3.09. The smallest absolute Gasteiger partial charge is 0.248 e. The first-order valence-electron chi connectivity index (χ1n) is 7.97. The minimum absolute atomic E-state index is 0.0145. The zero-order chi connectivity index (χ0) is 16.0. The summed E-state index contributed by atoms with van der Waals surface area (Å²) < 4.78 is 5.05. The van der Waals surface area contributed by atoms with E-state index in [-0.39, 0.29) is 17.9 Å². The Morgan fingerprint density at radius 2 is 2.00 bits per heavy atom. The highest BCUT2D eigenvalue weighted by atomic mass is 16.5. The Hall–Kier alpha value is -1.10. The molecule has 21 heavy (non-hydrogen) atoms. The monoisotopic (exact) mass is 298 g/mol. The predicted octanol–water partition coefficient (Wildman–Crippen LogP) is 1.95. The van der Waals surface area contributed by atoms with Gasteiger partial charge in [0.1, 0.15) is 11.6 Å². The number of hydrogen-bond acceptors (Lipinski definition) is 3. The number of unbranched alkanes of at least 4 members (excludes halogenated alkanes) is 1. The maximum atomic E-state index is 12.8. The number of methoxy groups -OCH3 is 1. The molecule has 0 radical (unpaired) electrons. The summed E-state index contributed by atoms with van der Waals surface area (Å²) in [5, 5.41) is 2.92. The second-order valence-corrected chi connectivity index (χ2v) is 6.52. The van der Waals surface area contributed by atoms with Crippen LogP contribution < -0.4 is 5.32 Å². The molecule has 1 heterocycles. The average molecular weight is 298 g/mol. The van der Waals surface area contributed by atoms with Gasteiger partial charge < -0.3 is 15.0 Å². The molecule has 2 atom stereocenters. The molecule has 0 aromatic heterocycles. The van der Waals surface area contributed by atoms with Crippen molar-refractivity contribution in [3.63, 3.8) is 0 Å². The minimum atomic E-state index is -0.758. The SMILES string of the molecule is CCC1(C)NC(=O)C(CC(C)C)N(CCCCOC)C1=O. The Morgan fingerprint density at radius 1 is 1.33 bits per heavy atom. The van der Waals surface area contributed by atoms with Crippen LogP contribution in [0.1, 0.15) is 53.4 Å². The van der Waals surface area contributed by atoms with Crippen molar-refractivity contribution >= 4 is 11.8 Å². The molecule has 1 fully saturated rings. The molecule has 0 saturated carbocycles. The summed E-state index contributed by atoms with van der Waals surface area (Å²) in [4.78, 5) is 27.0. The molecule has 1 aliphatic rings. The molecule has 2 amide bonds. The summed E-state index contributed by atoms with van der Waals surface area (Å²) in [7, 11) is 1.68. The van der Waals surface area contributed by atoms with E-state index in [1.165, 1.54) is 0 Å². The summed E-state index contributed by atoms with van der Waals surface area (Å²) in [5.74, 6) is 0.410. The molecule has 5 heteroatoms. The Bertz CT molecular complexity index is 371. The number of nitrogens with one attached hydrogen (secondary N) is 1. The lowest BCUT2D eigenvalue weighted by molar-refractivity contribution is -0.155. The van der Waals surface area contributed by atoms with E-state index in [9.17, 15) is 9.59 Å². The number of carbonyl (C=O) groups is 2. The Labute approximate surface area is 128 Å². The predicted molar refractivity (Wildman–Crippen MR) is 82.9 cm³/mol. The molecule has 0 aromatic carbocycles. The fourth-order valence-corrected chi connectivity index (χ4v) is 2.72. The molecule has 1 aliphatic heterocycles. The van der Waals surface area contributed by atoms with Crippen LogP contribution in [0, 0.1) is 5.92 Å². The zero-order valence-corrected chi connectivity index (χ0v) is 14.1. The second-order valence-electron chi connectivity index (χ2n) is 6.52. The van der Waals surface area contributed by atoms with Crippen molar-refractivity contribution in [2.24, 2.45) is 5.92 Å². The third kappa shape index (κ3) is 4.43.